The largest absolute Gasteiger partial charge is 0.381 e. The number of aromatic nitrogens is 2. The fourth-order valence-electron chi connectivity index (χ4n) is 3.13. The maximum atomic E-state index is 11.9. The Morgan fingerprint density at radius 3 is 2.74 bits per heavy atom. The van der Waals surface area contributed by atoms with Crippen molar-refractivity contribution in [1.29, 1.82) is 0 Å². The van der Waals surface area contributed by atoms with Crippen LogP contribution in [-0.2, 0) is 23.0 Å². The zero-order valence-corrected chi connectivity index (χ0v) is 17.5. The zero-order chi connectivity index (χ0) is 20.0. The van der Waals surface area contributed by atoms with Crippen LogP contribution in [0.25, 0.3) is 0 Å². The molecule has 152 valence electrons. The zero-order valence-electron chi connectivity index (χ0n) is 17.5. The summed E-state index contributed by atoms with van der Waals surface area (Å²) < 4.78 is 7.35. The van der Waals surface area contributed by atoms with Crippen molar-refractivity contribution in [3.05, 3.63) is 17.0 Å². The van der Waals surface area contributed by atoms with Crippen LogP contribution in [-0.4, -0.2) is 73.0 Å². The number of amides is 1. The van der Waals surface area contributed by atoms with Crippen LogP contribution in [0.5, 0.6) is 0 Å². The SMILES string of the molecule is Cc1nn(C)c(C)c1CC(C)NC(=NCC(=O)N(C)C)NCC1CCOC1. The number of nitrogens with one attached hydrogen (secondary N) is 2. The van der Waals surface area contributed by atoms with E-state index in [9.17, 15) is 4.79 Å². The molecule has 1 amide bonds. The van der Waals surface area contributed by atoms with Crippen molar-refractivity contribution < 1.29 is 9.53 Å². The maximum Gasteiger partial charge on any atom is 0.243 e. The van der Waals surface area contributed by atoms with Crippen molar-refractivity contribution in [2.45, 2.75) is 39.7 Å². The van der Waals surface area contributed by atoms with Gasteiger partial charge in [-0.1, -0.05) is 0 Å². The molecule has 0 radical (unpaired) electrons. The molecule has 0 aromatic carbocycles. The van der Waals surface area contributed by atoms with E-state index in [4.69, 9.17) is 4.74 Å². The fraction of sp³-hybridized carbons (Fsp3) is 0.737. The van der Waals surface area contributed by atoms with Crippen LogP contribution in [0.2, 0.25) is 0 Å². The van der Waals surface area contributed by atoms with E-state index in [0.29, 0.717) is 11.9 Å². The lowest BCUT2D eigenvalue weighted by atomic mass is 10.1. The Kier molecular flexibility index (Phi) is 7.65. The van der Waals surface area contributed by atoms with Gasteiger partial charge in [-0.3, -0.25) is 9.48 Å². The average Bonchev–Trinajstić information content (AvgIpc) is 3.21. The molecule has 1 aromatic heterocycles. The van der Waals surface area contributed by atoms with Crippen LogP contribution in [0.15, 0.2) is 4.99 Å². The number of hydrogen-bond donors (Lipinski definition) is 2. The third-order valence-electron chi connectivity index (χ3n) is 5.01. The fourth-order valence-corrected chi connectivity index (χ4v) is 3.13. The highest BCUT2D eigenvalue weighted by Gasteiger charge is 2.18. The van der Waals surface area contributed by atoms with Gasteiger partial charge in [-0.15, -0.1) is 0 Å². The molecule has 0 spiro atoms. The third kappa shape index (κ3) is 6.23. The predicted octanol–water partition coefficient (Wildman–Crippen LogP) is 0.628. The molecular weight excluding hydrogens is 344 g/mol. The topological polar surface area (TPSA) is 83.8 Å². The van der Waals surface area contributed by atoms with Crippen LogP contribution in [0.1, 0.15) is 30.3 Å². The molecule has 8 nitrogen and oxygen atoms in total. The first-order chi connectivity index (χ1) is 12.8. The lowest BCUT2D eigenvalue weighted by Gasteiger charge is -2.20. The molecular formula is C19H34N6O2. The Labute approximate surface area is 162 Å². The summed E-state index contributed by atoms with van der Waals surface area (Å²) in [5.41, 5.74) is 3.49. The van der Waals surface area contributed by atoms with Gasteiger partial charge >= 0.3 is 0 Å². The summed E-state index contributed by atoms with van der Waals surface area (Å²) in [7, 11) is 5.45. The minimum Gasteiger partial charge on any atom is -0.381 e. The van der Waals surface area contributed by atoms with Gasteiger partial charge in [-0.25, -0.2) is 4.99 Å². The van der Waals surface area contributed by atoms with E-state index in [2.05, 4.69) is 34.6 Å². The summed E-state index contributed by atoms with van der Waals surface area (Å²) in [5.74, 6) is 1.13. The Hall–Kier alpha value is -2.09. The summed E-state index contributed by atoms with van der Waals surface area (Å²) in [5, 5.41) is 11.3. The lowest BCUT2D eigenvalue weighted by Crippen LogP contribution is -2.45. The van der Waals surface area contributed by atoms with Crippen molar-refractivity contribution in [1.82, 2.24) is 25.3 Å². The molecule has 0 saturated carbocycles. The monoisotopic (exact) mass is 378 g/mol. The van der Waals surface area contributed by atoms with E-state index in [-0.39, 0.29) is 18.5 Å². The van der Waals surface area contributed by atoms with Crippen LogP contribution in [0, 0.1) is 19.8 Å². The van der Waals surface area contributed by atoms with Crippen LogP contribution in [0.3, 0.4) is 0 Å². The maximum absolute atomic E-state index is 11.9. The van der Waals surface area contributed by atoms with Gasteiger partial charge in [0.25, 0.3) is 0 Å². The van der Waals surface area contributed by atoms with Gasteiger partial charge in [0.05, 0.1) is 12.3 Å². The number of nitrogens with zero attached hydrogens (tertiary/aromatic N) is 4. The van der Waals surface area contributed by atoms with Gasteiger partial charge in [0.2, 0.25) is 5.91 Å². The second kappa shape index (κ2) is 9.73. The van der Waals surface area contributed by atoms with Crippen LogP contribution >= 0.6 is 0 Å². The average molecular weight is 379 g/mol. The smallest absolute Gasteiger partial charge is 0.243 e. The highest BCUT2D eigenvalue weighted by molar-refractivity contribution is 5.84. The van der Waals surface area contributed by atoms with Crippen molar-refractivity contribution in [3.8, 4) is 0 Å². The summed E-state index contributed by atoms with van der Waals surface area (Å²) >= 11 is 0. The van der Waals surface area contributed by atoms with E-state index in [0.717, 1.165) is 38.3 Å². The second-order valence-corrected chi connectivity index (χ2v) is 7.59. The van der Waals surface area contributed by atoms with Crippen molar-refractivity contribution >= 4 is 11.9 Å². The molecule has 1 aliphatic rings. The molecule has 2 unspecified atom stereocenters. The summed E-state index contributed by atoms with van der Waals surface area (Å²) in [6.07, 6.45) is 1.90. The van der Waals surface area contributed by atoms with Gasteiger partial charge in [-0.2, -0.15) is 5.10 Å². The number of guanidine groups is 1. The molecule has 1 aromatic rings. The summed E-state index contributed by atoms with van der Waals surface area (Å²) in [4.78, 5) is 17.9. The van der Waals surface area contributed by atoms with Gasteiger partial charge in [0.1, 0.15) is 6.54 Å². The quantitative estimate of drug-likeness (QED) is 0.537. The Balaban J connectivity index is 1.99. The molecule has 8 heteroatoms. The predicted molar refractivity (Wildman–Crippen MR) is 107 cm³/mol. The lowest BCUT2D eigenvalue weighted by molar-refractivity contribution is -0.127. The van der Waals surface area contributed by atoms with Gasteiger partial charge in [0, 0.05) is 51.9 Å². The number of aryl methyl sites for hydroxylation is 2. The van der Waals surface area contributed by atoms with E-state index in [1.807, 2.05) is 18.7 Å². The first kappa shape index (κ1) is 21.2. The first-order valence-electron chi connectivity index (χ1n) is 9.59. The molecule has 1 saturated heterocycles. The summed E-state index contributed by atoms with van der Waals surface area (Å²) in [6, 6.07) is 0.159. The minimum atomic E-state index is -0.0214. The van der Waals surface area contributed by atoms with E-state index in [1.54, 1.807) is 19.0 Å². The highest BCUT2D eigenvalue weighted by Crippen LogP contribution is 2.14. The molecule has 1 fully saturated rings. The van der Waals surface area contributed by atoms with Crippen molar-refractivity contribution in [3.63, 3.8) is 0 Å². The van der Waals surface area contributed by atoms with E-state index >= 15 is 0 Å². The van der Waals surface area contributed by atoms with Crippen LogP contribution < -0.4 is 10.6 Å². The molecule has 27 heavy (non-hydrogen) atoms. The number of ether oxygens (including phenoxy) is 1. The Bertz CT molecular complexity index is 661. The van der Waals surface area contributed by atoms with Crippen molar-refractivity contribution in [2.24, 2.45) is 18.0 Å². The first-order valence-corrected chi connectivity index (χ1v) is 9.59. The van der Waals surface area contributed by atoms with Gasteiger partial charge in [0.15, 0.2) is 5.96 Å². The number of aliphatic imine (C=N–C) groups is 1. The number of carbonyl (C=O) groups excluding carboxylic acids is 1. The molecule has 2 N–H and O–H groups in total. The molecule has 2 atom stereocenters. The molecule has 0 aliphatic carbocycles. The normalized spacial score (nSPS) is 18.4. The Morgan fingerprint density at radius 2 is 2.19 bits per heavy atom. The number of carbonyl (C=O) groups is 1. The number of likely N-dealkylation sites (N-methyl/N-ethyl adjacent to an activating group) is 1. The molecule has 0 bridgehead atoms. The van der Waals surface area contributed by atoms with Gasteiger partial charge in [-0.05, 0) is 39.2 Å². The molecule has 1 aliphatic heterocycles. The summed E-state index contributed by atoms with van der Waals surface area (Å²) in [6.45, 7) is 8.77. The second-order valence-electron chi connectivity index (χ2n) is 7.59. The Morgan fingerprint density at radius 1 is 1.44 bits per heavy atom. The number of hydrogen-bond acceptors (Lipinski definition) is 4. The highest BCUT2D eigenvalue weighted by atomic mass is 16.5. The van der Waals surface area contributed by atoms with E-state index in [1.165, 1.54) is 11.3 Å². The van der Waals surface area contributed by atoms with Crippen molar-refractivity contribution in [2.75, 3.05) is 40.4 Å². The standard InChI is InChI=1S/C19H34N6O2/c1-13(9-17-14(2)23-25(6)15(17)3)22-19(21-11-18(26)24(4)5)20-10-16-7-8-27-12-16/h13,16H,7-12H2,1-6H3,(H2,20,21,22). The third-order valence-corrected chi connectivity index (χ3v) is 5.01. The minimum absolute atomic E-state index is 0.0214. The molecule has 2 rings (SSSR count). The molecule has 2 heterocycles. The van der Waals surface area contributed by atoms with E-state index < -0.39 is 0 Å². The van der Waals surface area contributed by atoms with Crippen LogP contribution in [0.4, 0.5) is 0 Å². The van der Waals surface area contributed by atoms with Gasteiger partial charge < -0.3 is 20.3 Å². The number of rotatable bonds is 7.